The Morgan fingerprint density at radius 3 is 2.64 bits per heavy atom. The molecule has 0 spiro atoms. The van der Waals surface area contributed by atoms with Gasteiger partial charge in [0, 0.05) is 48.5 Å². The van der Waals surface area contributed by atoms with Crippen LogP contribution in [0, 0.1) is 0 Å². The molecule has 1 aliphatic carbocycles. The molecule has 0 saturated heterocycles. The number of amides is 1. The summed E-state index contributed by atoms with van der Waals surface area (Å²) in [6.45, 7) is 4.87. The van der Waals surface area contributed by atoms with E-state index in [2.05, 4.69) is 15.6 Å². The van der Waals surface area contributed by atoms with Crippen LogP contribution in [0.3, 0.4) is 0 Å². The average molecular weight is 330 g/mol. The predicted molar refractivity (Wildman–Crippen MR) is 92.5 cm³/mol. The lowest BCUT2D eigenvalue weighted by Gasteiger charge is -2.30. The van der Waals surface area contributed by atoms with Gasteiger partial charge < -0.3 is 15.5 Å². The summed E-state index contributed by atoms with van der Waals surface area (Å²) in [4.78, 5) is 17.5. The van der Waals surface area contributed by atoms with Gasteiger partial charge in [0.2, 0.25) is 5.91 Å². The van der Waals surface area contributed by atoms with Gasteiger partial charge in [0.15, 0.2) is 5.96 Å². The van der Waals surface area contributed by atoms with E-state index >= 15 is 0 Å². The van der Waals surface area contributed by atoms with Crippen molar-refractivity contribution >= 4 is 22.7 Å². The number of hydrogen-bond donors (Lipinski definition) is 2. The number of aliphatic imine (C=N–C) groups is 1. The third kappa shape index (κ3) is 6.34. The zero-order valence-electron chi connectivity index (χ0n) is 14.2. The lowest BCUT2D eigenvalue weighted by atomic mass is 9.95. The van der Waals surface area contributed by atoms with Gasteiger partial charge in [0.1, 0.15) is 6.54 Å². The maximum Gasteiger partial charge on any atom is 0.243 e. The van der Waals surface area contributed by atoms with Crippen molar-refractivity contribution < 1.29 is 9.00 Å². The minimum atomic E-state index is -0.731. The summed E-state index contributed by atoms with van der Waals surface area (Å²) in [5.74, 6) is 1.37. The van der Waals surface area contributed by atoms with Crippen molar-refractivity contribution in [1.29, 1.82) is 0 Å². The maximum absolute atomic E-state index is 12.0. The third-order valence-electron chi connectivity index (χ3n) is 3.84. The van der Waals surface area contributed by atoms with Crippen LogP contribution in [0.25, 0.3) is 0 Å². The first-order valence-corrected chi connectivity index (χ1v) is 9.48. The van der Waals surface area contributed by atoms with Crippen LogP contribution in [0.5, 0.6) is 0 Å². The molecule has 2 N–H and O–H groups in total. The summed E-state index contributed by atoms with van der Waals surface area (Å²) in [5.41, 5.74) is 0. The normalized spacial score (nSPS) is 23.7. The van der Waals surface area contributed by atoms with Crippen LogP contribution in [-0.2, 0) is 15.6 Å². The van der Waals surface area contributed by atoms with E-state index in [1.165, 1.54) is 4.90 Å². The lowest BCUT2D eigenvalue weighted by molar-refractivity contribution is -0.127. The van der Waals surface area contributed by atoms with Gasteiger partial charge in [-0.1, -0.05) is 13.3 Å². The van der Waals surface area contributed by atoms with Crippen LogP contribution >= 0.6 is 0 Å². The van der Waals surface area contributed by atoms with Gasteiger partial charge in [0.05, 0.1) is 0 Å². The zero-order chi connectivity index (χ0) is 16.5. The minimum Gasteiger partial charge on any atom is -0.357 e. The molecule has 0 aromatic heterocycles. The Hall–Kier alpha value is -1.11. The van der Waals surface area contributed by atoms with Crippen molar-refractivity contribution in [3.8, 4) is 0 Å². The first-order chi connectivity index (χ1) is 10.5. The number of likely N-dealkylation sites (N-methyl/N-ethyl adjacent to an activating group) is 1. The molecule has 3 atom stereocenters. The first kappa shape index (κ1) is 18.9. The molecule has 1 fully saturated rings. The number of hydrogen-bond acceptors (Lipinski definition) is 3. The number of carbonyl (C=O) groups excluding carboxylic acids is 1. The number of nitrogens with zero attached hydrogens (tertiary/aromatic N) is 2. The fourth-order valence-corrected chi connectivity index (χ4v) is 3.90. The Balaban J connectivity index is 2.60. The number of nitrogens with one attached hydrogen (secondary N) is 2. The monoisotopic (exact) mass is 330 g/mol. The molecule has 1 saturated carbocycles. The number of rotatable bonds is 6. The van der Waals surface area contributed by atoms with Gasteiger partial charge in [-0.2, -0.15) is 0 Å². The molecule has 0 aliphatic heterocycles. The van der Waals surface area contributed by atoms with E-state index in [9.17, 15) is 9.00 Å². The van der Waals surface area contributed by atoms with Crippen molar-refractivity contribution in [1.82, 2.24) is 15.5 Å². The Kier molecular flexibility index (Phi) is 8.45. The summed E-state index contributed by atoms with van der Waals surface area (Å²) >= 11 is 0. The summed E-state index contributed by atoms with van der Waals surface area (Å²) in [6, 6.07) is 0.279. The lowest BCUT2D eigenvalue weighted by Crippen LogP contribution is -2.47. The Morgan fingerprint density at radius 1 is 1.32 bits per heavy atom. The maximum atomic E-state index is 12.0. The van der Waals surface area contributed by atoms with Crippen molar-refractivity contribution in [2.45, 2.75) is 50.8 Å². The molecule has 1 rings (SSSR count). The van der Waals surface area contributed by atoms with Gasteiger partial charge in [-0.25, -0.2) is 4.99 Å². The molecule has 1 aliphatic rings. The van der Waals surface area contributed by atoms with Crippen LogP contribution in [0.1, 0.15) is 39.5 Å². The third-order valence-corrected chi connectivity index (χ3v) is 5.58. The molecule has 0 aromatic rings. The standard InChI is InChI=1S/C15H30N4O2S/c1-5-16-15(17-11-14(20)19(3)4)18-12-8-7-9-13(10-12)22(21)6-2/h12-13H,5-11H2,1-4H3,(H2,16,17,18). The van der Waals surface area contributed by atoms with Crippen LogP contribution < -0.4 is 10.6 Å². The molecule has 1 amide bonds. The second-order valence-corrected chi connectivity index (χ2v) is 7.79. The van der Waals surface area contributed by atoms with Gasteiger partial charge in [-0.3, -0.25) is 9.00 Å². The highest BCUT2D eigenvalue weighted by atomic mass is 32.2. The highest BCUT2D eigenvalue weighted by Crippen LogP contribution is 2.22. The summed E-state index contributed by atoms with van der Waals surface area (Å²) in [6.07, 6.45) is 4.10. The van der Waals surface area contributed by atoms with E-state index in [1.807, 2.05) is 13.8 Å². The van der Waals surface area contributed by atoms with Gasteiger partial charge in [-0.05, 0) is 26.2 Å². The SMILES string of the molecule is CCNC(=NCC(=O)N(C)C)NC1CCCC(S(=O)CC)C1. The van der Waals surface area contributed by atoms with Crippen LogP contribution in [0.4, 0.5) is 0 Å². The van der Waals surface area contributed by atoms with Crippen LogP contribution in [0.15, 0.2) is 4.99 Å². The summed E-state index contributed by atoms with van der Waals surface area (Å²) in [5, 5.41) is 6.85. The van der Waals surface area contributed by atoms with Crippen molar-refractivity contribution in [2.24, 2.45) is 4.99 Å². The predicted octanol–water partition coefficient (Wildman–Crippen LogP) is 0.710. The van der Waals surface area contributed by atoms with Crippen LogP contribution in [0.2, 0.25) is 0 Å². The van der Waals surface area contributed by atoms with E-state index < -0.39 is 10.8 Å². The fourth-order valence-electron chi connectivity index (χ4n) is 2.55. The molecule has 128 valence electrons. The zero-order valence-corrected chi connectivity index (χ0v) is 15.0. The van der Waals surface area contributed by atoms with E-state index in [1.54, 1.807) is 14.1 Å². The number of carbonyl (C=O) groups is 1. The van der Waals surface area contributed by atoms with Crippen molar-refractivity contribution in [3.63, 3.8) is 0 Å². The summed E-state index contributed by atoms with van der Waals surface area (Å²) in [7, 11) is 2.72. The van der Waals surface area contributed by atoms with Crippen molar-refractivity contribution in [2.75, 3.05) is 32.9 Å². The molecule has 0 aromatic carbocycles. The van der Waals surface area contributed by atoms with Crippen molar-refractivity contribution in [3.05, 3.63) is 0 Å². The van der Waals surface area contributed by atoms with Crippen LogP contribution in [-0.4, -0.2) is 65.2 Å². The minimum absolute atomic E-state index is 0.0224. The molecule has 7 heteroatoms. The van der Waals surface area contributed by atoms with E-state index in [4.69, 9.17) is 0 Å². The fraction of sp³-hybridized carbons (Fsp3) is 0.867. The highest BCUT2D eigenvalue weighted by Gasteiger charge is 2.26. The van der Waals surface area contributed by atoms with Gasteiger partial charge in [-0.15, -0.1) is 0 Å². The molecular formula is C15H30N4O2S. The largest absolute Gasteiger partial charge is 0.357 e. The molecule has 0 heterocycles. The Labute approximate surface area is 136 Å². The average Bonchev–Trinajstić information content (AvgIpc) is 2.51. The topological polar surface area (TPSA) is 73.8 Å². The van der Waals surface area contributed by atoms with E-state index in [-0.39, 0.29) is 23.7 Å². The molecule has 0 radical (unpaired) electrons. The molecule has 6 nitrogen and oxygen atoms in total. The van der Waals surface area contributed by atoms with Gasteiger partial charge >= 0.3 is 0 Å². The first-order valence-electron chi connectivity index (χ1n) is 8.10. The molecule has 22 heavy (non-hydrogen) atoms. The second kappa shape index (κ2) is 9.82. The Morgan fingerprint density at radius 2 is 2.05 bits per heavy atom. The smallest absolute Gasteiger partial charge is 0.243 e. The van der Waals surface area contributed by atoms with E-state index in [0.29, 0.717) is 5.96 Å². The summed E-state index contributed by atoms with van der Waals surface area (Å²) < 4.78 is 12.0. The quantitative estimate of drug-likeness (QED) is 0.556. The molecular weight excluding hydrogens is 300 g/mol. The van der Waals surface area contributed by atoms with E-state index in [0.717, 1.165) is 38.0 Å². The molecule has 3 unspecified atom stereocenters. The molecule has 0 bridgehead atoms. The number of guanidine groups is 1. The highest BCUT2D eigenvalue weighted by molar-refractivity contribution is 7.85. The Bertz CT molecular complexity index is 412. The second-order valence-electron chi connectivity index (χ2n) is 5.78. The van der Waals surface area contributed by atoms with Gasteiger partial charge in [0.25, 0.3) is 0 Å².